The quantitative estimate of drug-likeness (QED) is 0.777. The number of hydrogen-bond donors (Lipinski definition) is 1. The van der Waals surface area contributed by atoms with Crippen LogP contribution in [0.15, 0.2) is 12.3 Å². The number of fused-ring (bicyclic) bond motifs is 1. The van der Waals surface area contributed by atoms with E-state index in [1.165, 1.54) is 6.20 Å². The van der Waals surface area contributed by atoms with E-state index in [0.29, 0.717) is 31.5 Å². The van der Waals surface area contributed by atoms with Gasteiger partial charge in [-0.25, -0.2) is 4.98 Å². The SMILES string of the molecule is O=C1CC(N2C(=O)CCc3cc(O)cnc32)C1. The molecular weight excluding hydrogens is 220 g/mol. The van der Waals surface area contributed by atoms with Gasteiger partial charge in [-0.3, -0.25) is 14.5 Å². The lowest BCUT2D eigenvalue weighted by atomic mass is 9.88. The fourth-order valence-electron chi connectivity index (χ4n) is 2.40. The van der Waals surface area contributed by atoms with Gasteiger partial charge >= 0.3 is 0 Å². The average Bonchev–Trinajstić information content (AvgIpc) is 2.26. The second-order valence-corrected chi connectivity index (χ2v) is 4.54. The van der Waals surface area contributed by atoms with Gasteiger partial charge in [0, 0.05) is 19.3 Å². The molecule has 1 amide bonds. The van der Waals surface area contributed by atoms with Crippen molar-refractivity contribution in [2.75, 3.05) is 4.90 Å². The highest BCUT2D eigenvalue weighted by Crippen LogP contribution is 2.34. The van der Waals surface area contributed by atoms with Crippen LogP contribution >= 0.6 is 0 Å². The van der Waals surface area contributed by atoms with Crippen molar-refractivity contribution in [1.29, 1.82) is 0 Å². The van der Waals surface area contributed by atoms with Crippen LogP contribution in [-0.4, -0.2) is 27.8 Å². The molecule has 0 aromatic carbocycles. The summed E-state index contributed by atoms with van der Waals surface area (Å²) < 4.78 is 0. The van der Waals surface area contributed by atoms with Crippen LogP contribution in [0.3, 0.4) is 0 Å². The topological polar surface area (TPSA) is 70.5 Å². The lowest BCUT2D eigenvalue weighted by Crippen LogP contribution is -2.50. The highest BCUT2D eigenvalue weighted by molar-refractivity contribution is 5.99. The molecule has 0 spiro atoms. The van der Waals surface area contributed by atoms with Gasteiger partial charge in [0.2, 0.25) is 5.91 Å². The number of rotatable bonds is 1. The Bertz CT molecular complexity index is 504. The van der Waals surface area contributed by atoms with E-state index < -0.39 is 0 Å². The van der Waals surface area contributed by atoms with Crippen LogP contribution in [0, 0.1) is 0 Å². The molecule has 1 N–H and O–H groups in total. The predicted molar refractivity (Wildman–Crippen MR) is 59.7 cm³/mol. The van der Waals surface area contributed by atoms with Gasteiger partial charge in [-0.1, -0.05) is 0 Å². The third-order valence-electron chi connectivity index (χ3n) is 3.33. The summed E-state index contributed by atoms with van der Waals surface area (Å²) in [6.45, 7) is 0. The van der Waals surface area contributed by atoms with Crippen LogP contribution in [0.4, 0.5) is 5.82 Å². The Balaban J connectivity index is 1.98. The third-order valence-corrected chi connectivity index (χ3v) is 3.33. The molecule has 0 saturated heterocycles. The molecule has 17 heavy (non-hydrogen) atoms. The summed E-state index contributed by atoms with van der Waals surface area (Å²) in [7, 11) is 0. The summed E-state index contributed by atoms with van der Waals surface area (Å²) >= 11 is 0. The van der Waals surface area contributed by atoms with Gasteiger partial charge in [0.05, 0.1) is 12.2 Å². The fourth-order valence-corrected chi connectivity index (χ4v) is 2.40. The largest absolute Gasteiger partial charge is 0.506 e. The predicted octanol–water partition coefficient (Wildman–Crippen LogP) is 0.798. The molecule has 2 heterocycles. The highest BCUT2D eigenvalue weighted by Gasteiger charge is 2.38. The molecule has 0 unspecified atom stereocenters. The zero-order valence-electron chi connectivity index (χ0n) is 9.22. The monoisotopic (exact) mass is 232 g/mol. The molecule has 3 rings (SSSR count). The number of hydrogen-bond acceptors (Lipinski definition) is 4. The Morgan fingerprint density at radius 2 is 2.06 bits per heavy atom. The van der Waals surface area contributed by atoms with Crippen molar-refractivity contribution in [2.24, 2.45) is 0 Å². The van der Waals surface area contributed by atoms with Gasteiger partial charge < -0.3 is 5.11 Å². The highest BCUT2D eigenvalue weighted by atomic mass is 16.3. The van der Waals surface area contributed by atoms with E-state index in [9.17, 15) is 14.7 Å². The minimum atomic E-state index is -0.0360. The van der Waals surface area contributed by atoms with Crippen molar-refractivity contribution in [3.63, 3.8) is 0 Å². The summed E-state index contributed by atoms with van der Waals surface area (Å²) in [4.78, 5) is 28.7. The molecular formula is C12H12N2O3. The van der Waals surface area contributed by atoms with Crippen LogP contribution in [-0.2, 0) is 16.0 Å². The van der Waals surface area contributed by atoms with Crippen molar-refractivity contribution in [1.82, 2.24) is 4.98 Å². The minimum Gasteiger partial charge on any atom is -0.506 e. The normalized spacial score (nSPS) is 20.1. The molecule has 0 atom stereocenters. The Morgan fingerprint density at radius 1 is 1.29 bits per heavy atom. The summed E-state index contributed by atoms with van der Waals surface area (Å²) in [5, 5.41) is 9.37. The Labute approximate surface area is 98.1 Å². The third kappa shape index (κ3) is 1.58. The molecule has 2 aliphatic rings. The molecule has 1 fully saturated rings. The number of anilines is 1. The molecule has 88 valence electrons. The van der Waals surface area contributed by atoms with Crippen molar-refractivity contribution in [3.05, 3.63) is 17.8 Å². The number of ketones is 1. The number of aromatic nitrogens is 1. The molecule has 1 aliphatic heterocycles. The van der Waals surface area contributed by atoms with Gasteiger partial charge in [0.15, 0.2) is 0 Å². The lowest BCUT2D eigenvalue weighted by Gasteiger charge is -2.38. The van der Waals surface area contributed by atoms with Crippen molar-refractivity contribution >= 4 is 17.5 Å². The molecule has 1 saturated carbocycles. The van der Waals surface area contributed by atoms with Gasteiger partial charge in [-0.15, -0.1) is 0 Å². The standard InChI is InChI=1S/C12H12N2O3/c15-9-4-8(5-9)14-11(17)2-1-7-3-10(16)6-13-12(7)14/h3,6,8,16H,1-2,4-5H2. The number of carbonyl (C=O) groups is 2. The van der Waals surface area contributed by atoms with Crippen LogP contribution in [0.2, 0.25) is 0 Å². The summed E-state index contributed by atoms with van der Waals surface area (Å²) in [5.41, 5.74) is 0.879. The van der Waals surface area contributed by atoms with Crippen LogP contribution in [0.5, 0.6) is 5.75 Å². The van der Waals surface area contributed by atoms with Crippen molar-refractivity contribution in [3.8, 4) is 5.75 Å². The van der Waals surface area contributed by atoms with Gasteiger partial charge in [0.1, 0.15) is 17.4 Å². The first-order valence-corrected chi connectivity index (χ1v) is 5.67. The van der Waals surface area contributed by atoms with E-state index in [2.05, 4.69) is 4.98 Å². The molecule has 0 radical (unpaired) electrons. The maximum Gasteiger partial charge on any atom is 0.228 e. The van der Waals surface area contributed by atoms with Crippen molar-refractivity contribution < 1.29 is 14.7 Å². The smallest absolute Gasteiger partial charge is 0.228 e. The number of Topliss-reactive ketones (excluding diaryl/α,β-unsaturated/α-hetero) is 1. The molecule has 1 aliphatic carbocycles. The Kier molecular flexibility index (Phi) is 2.14. The first-order chi connectivity index (χ1) is 8.15. The van der Waals surface area contributed by atoms with Gasteiger partial charge in [-0.2, -0.15) is 0 Å². The summed E-state index contributed by atoms with van der Waals surface area (Å²) in [6, 6.07) is 1.61. The van der Waals surface area contributed by atoms with E-state index in [1.807, 2.05) is 0 Å². The number of amides is 1. The van der Waals surface area contributed by atoms with Crippen molar-refractivity contribution in [2.45, 2.75) is 31.7 Å². The van der Waals surface area contributed by atoms with Crippen LogP contribution in [0.25, 0.3) is 0 Å². The first-order valence-electron chi connectivity index (χ1n) is 5.67. The van der Waals surface area contributed by atoms with Gasteiger partial charge in [0.25, 0.3) is 0 Å². The maximum absolute atomic E-state index is 11.9. The average molecular weight is 232 g/mol. The summed E-state index contributed by atoms with van der Waals surface area (Å²) in [6.07, 6.45) is 3.21. The van der Waals surface area contributed by atoms with Crippen LogP contribution in [0.1, 0.15) is 24.8 Å². The molecule has 0 bridgehead atoms. The number of carbonyl (C=O) groups excluding carboxylic acids is 2. The number of pyridine rings is 1. The van der Waals surface area contributed by atoms with E-state index in [0.717, 1.165) is 5.56 Å². The maximum atomic E-state index is 11.9. The summed E-state index contributed by atoms with van der Waals surface area (Å²) in [5.74, 6) is 0.932. The van der Waals surface area contributed by atoms with E-state index in [-0.39, 0.29) is 23.5 Å². The zero-order chi connectivity index (χ0) is 12.0. The van der Waals surface area contributed by atoms with E-state index in [1.54, 1.807) is 11.0 Å². The minimum absolute atomic E-state index is 0.0215. The fraction of sp³-hybridized carbons (Fsp3) is 0.417. The zero-order valence-corrected chi connectivity index (χ0v) is 9.22. The second kappa shape index (κ2) is 3.55. The molecule has 5 heteroatoms. The van der Waals surface area contributed by atoms with E-state index in [4.69, 9.17) is 0 Å². The van der Waals surface area contributed by atoms with Crippen LogP contribution < -0.4 is 4.90 Å². The number of nitrogens with zero attached hydrogens (tertiary/aromatic N) is 2. The molecule has 1 aromatic heterocycles. The first kappa shape index (κ1) is 10.3. The number of aryl methyl sites for hydroxylation is 1. The van der Waals surface area contributed by atoms with E-state index >= 15 is 0 Å². The Morgan fingerprint density at radius 3 is 2.76 bits per heavy atom. The lowest BCUT2D eigenvalue weighted by molar-refractivity contribution is -0.126. The number of aromatic hydroxyl groups is 1. The second-order valence-electron chi connectivity index (χ2n) is 4.54. The Hall–Kier alpha value is -1.91. The van der Waals surface area contributed by atoms with Gasteiger partial charge in [-0.05, 0) is 18.1 Å². The molecule has 5 nitrogen and oxygen atoms in total. The molecule has 1 aromatic rings.